The van der Waals surface area contributed by atoms with E-state index >= 15 is 0 Å². The highest BCUT2D eigenvalue weighted by atomic mass is 19.3. The molecule has 2 heterocycles. The average molecular weight is 401 g/mol. The summed E-state index contributed by atoms with van der Waals surface area (Å²) in [6.45, 7) is 0.947. The van der Waals surface area contributed by atoms with E-state index in [-0.39, 0.29) is 55.9 Å². The summed E-state index contributed by atoms with van der Waals surface area (Å²) in [6.07, 6.45) is 0.972. The van der Waals surface area contributed by atoms with Gasteiger partial charge in [-0.2, -0.15) is 4.98 Å². The maximum absolute atomic E-state index is 14.4. The number of rotatable bonds is 6. The first kappa shape index (κ1) is 20.7. The Morgan fingerprint density at radius 3 is 2.64 bits per heavy atom. The molecule has 2 fully saturated rings. The lowest BCUT2D eigenvalue weighted by molar-refractivity contribution is -0.125. The largest absolute Gasteiger partial charge is 0.481 e. The van der Waals surface area contributed by atoms with E-state index in [0.29, 0.717) is 5.56 Å². The fourth-order valence-corrected chi connectivity index (χ4v) is 3.71. The number of ether oxygens (including phenoxy) is 2. The molecule has 1 atom stereocenters. The monoisotopic (exact) mass is 401 g/mol. The van der Waals surface area contributed by atoms with Crippen molar-refractivity contribution in [2.24, 2.45) is 0 Å². The van der Waals surface area contributed by atoms with Crippen molar-refractivity contribution < 1.29 is 27.4 Å². The zero-order chi connectivity index (χ0) is 20.3. The van der Waals surface area contributed by atoms with Gasteiger partial charge < -0.3 is 14.8 Å². The summed E-state index contributed by atoms with van der Waals surface area (Å²) in [5.74, 6) is -3.64. The number of nitrogens with zero attached hydrogens (tertiary/aromatic N) is 2. The smallest absolute Gasteiger partial charge is 0.254 e. The van der Waals surface area contributed by atoms with Crippen molar-refractivity contribution in [2.75, 3.05) is 20.7 Å². The number of alkyl halides is 2. The van der Waals surface area contributed by atoms with Crippen molar-refractivity contribution in [2.45, 2.75) is 63.1 Å². The topological polar surface area (TPSA) is 63.7 Å². The van der Waals surface area contributed by atoms with Crippen LogP contribution in [0, 0.1) is 5.82 Å². The van der Waals surface area contributed by atoms with Gasteiger partial charge in [0, 0.05) is 24.9 Å². The van der Waals surface area contributed by atoms with Gasteiger partial charge in [0.05, 0.1) is 13.2 Å². The Morgan fingerprint density at radius 1 is 1.32 bits per heavy atom. The predicted molar refractivity (Wildman–Crippen MR) is 96.1 cm³/mol. The molecule has 1 aliphatic carbocycles. The van der Waals surface area contributed by atoms with Gasteiger partial charge in [0.1, 0.15) is 6.10 Å². The molecular formula is C19H26F3N3O3. The Hall–Kier alpha value is -2.03. The van der Waals surface area contributed by atoms with E-state index in [1.54, 1.807) is 0 Å². The van der Waals surface area contributed by atoms with Gasteiger partial charge >= 0.3 is 0 Å². The number of nitrogens with one attached hydrogen (secondary N) is 1. The number of halogens is 3. The van der Waals surface area contributed by atoms with Gasteiger partial charge in [-0.3, -0.25) is 9.69 Å². The molecule has 1 saturated carbocycles. The molecule has 1 aromatic rings. The van der Waals surface area contributed by atoms with Crippen molar-refractivity contribution >= 4 is 5.91 Å². The minimum Gasteiger partial charge on any atom is -0.481 e. The van der Waals surface area contributed by atoms with Crippen LogP contribution < -0.4 is 14.8 Å². The number of hydrogen-bond donors (Lipinski definition) is 1. The molecule has 1 saturated heterocycles. The highest BCUT2D eigenvalue weighted by molar-refractivity contribution is 5.82. The molecule has 9 heteroatoms. The minimum absolute atomic E-state index is 0.0756. The lowest BCUT2D eigenvalue weighted by Crippen LogP contribution is -2.41. The molecule has 1 N–H and O–H groups in total. The van der Waals surface area contributed by atoms with Crippen LogP contribution in [0.3, 0.4) is 0 Å². The lowest BCUT2D eigenvalue weighted by Gasteiger charge is -2.28. The van der Waals surface area contributed by atoms with Gasteiger partial charge in [-0.1, -0.05) is 0 Å². The molecule has 156 valence electrons. The van der Waals surface area contributed by atoms with Gasteiger partial charge in [0.25, 0.3) is 5.88 Å². The number of hydrogen-bond acceptors (Lipinski definition) is 5. The zero-order valence-electron chi connectivity index (χ0n) is 16.1. The van der Waals surface area contributed by atoms with Crippen molar-refractivity contribution in [1.29, 1.82) is 0 Å². The number of likely N-dealkylation sites (tertiary alicyclic amines) is 1. The summed E-state index contributed by atoms with van der Waals surface area (Å²) in [4.78, 5) is 18.3. The van der Waals surface area contributed by atoms with Gasteiger partial charge in [-0.25, -0.2) is 13.2 Å². The number of methoxy groups -OCH3 is 1. The van der Waals surface area contributed by atoms with E-state index in [1.165, 1.54) is 13.2 Å². The number of pyridine rings is 1. The molecule has 2 aliphatic rings. The summed E-state index contributed by atoms with van der Waals surface area (Å²) in [5.41, 5.74) is 0.386. The Morgan fingerprint density at radius 2 is 2.04 bits per heavy atom. The third-order valence-corrected chi connectivity index (χ3v) is 5.40. The number of amides is 1. The van der Waals surface area contributed by atoms with Crippen LogP contribution in [0.25, 0.3) is 0 Å². The molecule has 3 rings (SSSR count). The van der Waals surface area contributed by atoms with Crippen LogP contribution in [-0.2, 0) is 11.3 Å². The fourth-order valence-electron chi connectivity index (χ4n) is 3.71. The second kappa shape index (κ2) is 8.55. The third kappa shape index (κ3) is 4.87. The molecule has 0 spiro atoms. The second-order valence-corrected chi connectivity index (χ2v) is 7.47. The Kier molecular flexibility index (Phi) is 6.32. The van der Waals surface area contributed by atoms with Crippen LogP contribution in [0.1, 0.15) is 44.1 Å². The Bertz CT molecular complexity index is 707. The molecular weight excluding hydrogens is 375 g/mol. The fraction of sp³-hybridized carbons (Fsp3) is 0.684. The minimum atomic E-state index is -2.68. The van der Waals surface area contributed by atoms with E-state index in [2.05, 4.69) is 10.3 Å². The lowest BCUT2D eigenvalue weighted by atomic mass is 9.94. The summed E-state index contributed by atoms with van der Waals surface area (Å²) < 4.78 is 51.7. The Labute approximate surface area is 162 Å². The van der Waals surface area contributed by atoms with E-state index in [0.717, 1.165) is 19.4 Å². The van der Waals surface area contributed by atoms with Crippen molar-refractivity contribution in [1.82, 2.24) is 15.2 Å². The molecule has 1 aromatic heterocycles. The number of carbonyl (C=O) groups is 1. The van der Waals surface area contributed by atoms with Crippen molar-refractivity contribution in [3.63, 3.8) is 0 Å². The highest BCUT2D eigenvalue weighted by Crippen LogP contribution is 2.35. The summed E-state index contributed by atoms with van der Waals surface area (Å²) in [7, 11) is 3.29. The first-order valence-corrected chi connectivity index (χ1v) is 9.55. The standard InChI is InChI=1S/C19H26F3N3O3/c1-25-9-3-4-15(25)16(26)23-11-12-10-14(20)18(24-17(12)27-2)28-13-5-7-19(21,22)8-6-13/h10,13,15H,3-9,11H2,1-2H3,(H,23,26)/t15-/m1/s1. The number of carbonyl (C=O) groups excluding carboxylic acids is 1. The number of aromatic nitrogens is 1. The second-order valence-electron chi connectivity index (χ2n) is 7.47. The maximum atomic E-state index is 14.4. The predicted octanol–water partition coefficient (Wildman–Crippen LogP) is 2.90. The molecule has 0 unspecified atom stereocenters. The molecule has 28 heavy (non-hydrogen) atoms. The molecule has 0 bridgehead atoms. The molecule has 1 amide bonds. The van der Waals surface area contributed by atoms with Crippen molar-refractivity contribution in [3.05, 3.63) is 17.4 Å². The summed E-state index contributed by atoms with van der Waals surface area (Å²) >= 11 is 0. The van der Waals surface area contributed by atoms with E-state index in [9.17, 15) is 18.0 Å². The first-order chi connectivity index (χ1) is 13.3. The van der Waals surface area contributed by atoms with E-state index in [4.69, 9.17) is 9.47 Å². The molecule has 6 nitrogen and oxygen atoms in total. The number of likely N-dealkylation sites (N-methyl/N-ethyl adjacent to an activating group) is 1. The van der Waals surface area contributed by atoms with Crippen LogP contribution >= 0.6 is 0 Å². The van der Waals surface area contributed by atoms with Crippen LogP contribution in [0.15, 0.2) is 6.07 Å². The van der Waals surface area contributed by atoms with E-state index in [1.807, 2.05) is 11.9 Å². The Balaban J connectivity index is 1.63. The zero-order valence-corrected chi connectivity index (χ0v) is 16.1. The molecule has 1 aliphatic heterocycles. The van der Waals surface area contributed by atoms with Crippen LogP contribution in [0.4, 0.5) is 13.2 Å². The molecule has 0 radical (unpaired) electrons. The maximum Gasteiger partial charge on any atom is 0.254 e. The average Bonchev–Trinajstić information content (AvgIpc) is 3.09. The third-order valence-electron chi connectivity index (χ3n) is 5.40. The first-order valence-electron chi connectivity index (χ1n) is 9.55. The van der Waals surface area contributed by atoms with Gasteiger partial charge in [-0.05, 0) is 45.3 Å². The molecule has 0 aromatic carbocycles. The SMILES string of the molecule is COc1nc(OC2CCC(F)(F)CC2)c(F)cc1CNC(=O)[C@H]1CCCN1C. The van der Waals surface area contributed by atoms with Gasteiger partial charge in [0.15, 0.2) is 5.82 Å². The van der Waals surface area contributed by atoms with Crippen LogP contribution in [0.5, 0.6) is 11.8 Å². The van der Waals surface area contributed by atoms with Gasteiger partial charge in [0.2, 0.25) is 17.7 Å². The van der Waals surface area contributed by atoms with Crippen LogP contribution in [0.2, 0.25) is 0 Å². The highest BCUT2D eigenvalue weighted by Gasteiger charge is 2.36. The van der Waals surface area contributed by atoms with Crippen LogP contribution in [-0.4, -0.2) is 54.6 Å². The van der Waals surface area contributed by atoms with Crippen molar-refractivity contribution in [3.8, 4) is 11.8 Å². The summed E-state index contributed by atoms with van der Waals surface area (Å²) in [5, 5.41) is 2.79. The summed E-state index contributed by atoms with van der Waals surface area (Å²) in [6, 6.07) is 1.02. The normalized spacial score (nSPS) is 22.8. The quantitative estimate of drug-likeness (QED) is 0.794. The van der Waals surface area contributed by atoms with Gasteiger partial charge in [-0.15, -0.1) is 0 Å². The van der Waals surface area contributed by atoms with E-state index < -0.39 is 17.8 Å².